The summed E-state index contributed by atoms with van der Waals surface area (Å²) in [5.74, 6) is -0.578. The topological polar surface area (TPSA) is 68.6 Å². The number of nitriles is 1. The third-order valence-corrected chi connectivity index (χ3v) is 5.30. The summed E-state index contributed by atoms with van der Waals surface area (Å²) in [7, 11) is 1.62. The van der Waals surface area contributed by atoms with Gasteiger partial charge in [0, 0.05) is 12.0 Å². The Kier molecular flexibility index (Phi) is 6.07. The smallest absolute Gasteiger partial charge is 0.324 e. The van der Waals surface area contributed by atoms with Gasteiger partial charge in [-0.3, -0.25) is 4.79 Å². The molecule has 0 unspecified atom stereocenters. The van der Waals surface area contributed by atoms with E-state index in [2.05, 4.69) is 13.0 Å². The number of hydrogen-bond acceptors (Lipinski definition) is 5. The van der Waals surface area contributed by atoms with Crippen LogP contribution < -0.4 is 4.74 Å². The lowest BCUT2D eigenvalue weighted by molar-refractivity contribution is -0.154. The van der Waals surface area contributed by atoms with E-state index in [4.69, 9.17) is 14.2 Å². The zero-order valence-corrected chi connectivity index (χ0v) is 15.5. The molecule has 1 heterocycles. The second kappa shape index (κ2) is 7.88. The van der Waals surface area contributed by atoms with Gasteiger partial charge in [0.1, 0.15) is 5.75 Å². The summed E-state index contributed by atoms with van der Waals surface area (Å²) in [5, 5.41) is 9.83. The fraction of sp³-hybridized carbons (Fsp3) is 0.600. The van der Waals surface area contributed by atoms with Gasteiger partial charge in [-0.2, -0.15) is 5.26 Å². The predicted molar refractivity (Wildman–Crippen MR) is 94.3 cm³/mol. The van der Waals surface area contributed by atoms with Crippen molar-refractivity contribution >= 4 is 5.97 Å². The molecule has 0 amide bonds. The van der Waals surface area contributed by atoms with Crippen LogP contribution >= 0.6 is 0 Å². The minimum atomic E-state index is -0.865. The molecule has 25 heavy (non-hydrogen) atoms. The summed E-state index contributed by atoms with van der Waals surface area (Å²) in [6, 6.07) is 9.86. The lowest BCUT2D eigenvalue weighted by Gasteiger charge is -2.47. The van der Waals surface area contributed by atoms with Crippen molar-refractivity contribution in [1.82, 2.24) is 0 Å². The Bertz CT molecular complexity index is 636. The molecule has 5 heteroatoms. The van der Waals surface area contributed by atoms with Crippen molar-refractivity contribution in [2.45, 2.75) is 51.0 Å². The van der Waals surface area contributed by atoms with Gasteiger partial charge in [0.15, 0.2) is 5.92 Å². The fourth-order valence-corrected chi connectivity index (χ4v) is 3.72. The Morgan fingerprint density at radius 2 is 2.04 bits per heavy atom. The van der Waals surface area contributed by atoms with Gasteiger partial charge in [0.05, 0.1) is 25.4 Å². The molecule has 0 spiro atoms. The summed E-state index contributed by atoms with van der Waals surface area (Å²) in [4.78, 5) is 12.6. The fourth-order valence-electron chi connectivity index (χ4n) is 3.72. The maximum absolute atomic E-state index is 12.6. The van der Waals surface area contributed by atoms with E-state index < -0.39 is 17.3 Å². The molecule has 1 aromatic carbocycles. The van der Waals surface area contributed by atoms with E-state index in [9.17, 15) is 10.1 Å². The van der Waals surface area contributed by atoms with Gasteiger partial charge in [-0.25, -0.2) is 0 Å². The van der Waals surface area contributed by atoms with Crippen LogP contribution in [0.3, 0.4) is 0 Å². The van der Waals surface area contributed by atoms with Gasteiger partial charge in [-0.05, 0) is 50.8 Å². The molecular formula is C20H27NO4. The second-order valence-electron chi connectivity index (χ2n) is 6.78. The molecule has 1 aliphatic rings. The van der Waals surface area contributed by atoms with Crippen LogP contribution in [0.4, 0.5) is 0 Å². The monoisotopic (exact) mass is 345 g/mol. The molecule has 0 bridgehead atoms. The molecule has 0 aromatic heterocycles. The van der Waals surface area contributed by atoms with Crippen molar-refractivity contribution in [2.75, 3.05) is 20.3 Å². The van der Waals surface area contributed by atoms with E-state index in [0.29, 0.717) is 19.4 Å². The van der Waals surface area contributed by atoms with Crippen LogP contribution in [-0.2, 0) is 19.7 Å². The van der Waals surface area contributed by atoms with Crippen molar-refractivity contribution in [3.05, 3.63) is 29.8 Å². The van der Waals surface area contributed by atoms with Gasteiger partial charge in [0.2, 0.25) is 0 Å². The van der Waals surface area contributed by atoms with Crippen molar-refractivity contribution < 1.29 is 19.0 Å². The van der Waals surface area contributed by atoms with E-state index in [1.807, 2.05) is 31.2 Å². The van der Waals surface area contributed by atoms with Gasteiger partial charge in [-0.1, -0.05) is 19.1 Å². The van der Waals surface area contributed by atoms with Crippen molar-refractivity contribution in [1.29, 1.82) is 5.26 Å². The minimum absolute atomic E-state index is 0.261. The van der Waals surface area contributed by atoms with Gasteiger partial charge in [-0.15, -0.1) is 0 Å². The number of methoxy groups -OCH3 is 1. The van der Waals surface area contributed by atoms with E-state index >= 15 is 0 Å². The highest BCUT2D eigenvalue weighted by molar-refractivity contribution is 5.77. The summed E-state index contributed by atoms with van der Waals surface area (Å²) in [6.07, 6.45) is 2.01. The molecule has 1 saturated heterocycles. The van der Waals surface area contributed by atoms with Crippen LogP contribution in [0, 0.1) is 17.2 Å². The predicted octanol–water partition coefficient (Wildman–Crippen LogP) is 3.61. The van der Waals surface area contributed by atoms with Gasteiger partial charge < -0.3 is 14.2 Å². The highest BCUT2D eigenvalue weighted by Gasteiger charge is 2.51. The number of carbonyl (C=O) groups excluding carboxylic acids is 1. The first-order valence-corrected chi connectivity index (χ1v) is 8.79. The Morgan fingerprint density at radius 1 is 1.36 bits per heavy atom. The van der Waals surface area contributed by atoms with Crippen LogP contribution in [0.25, 0.3) is 0 Å². The minimum Gasteiger partial charge on any atom is -0.497 e. The number of hydrogen-bond donors (Lipinski definition) is 0. The number of benzene rings is 1. The van der Waals surface area contributed by atoms with Crippen LogP contribution in [0.5, 0.6) is 5.75 Å². The van der Waals surface area contributed by atoms with E-state index in [-0.39, 0.29) is 12.2 Å². The third-order valence-electron chi connectivity index (χ3n) is 5.30. The van der Waals surface area contributed by atoms with Gasteiger partial charge >= 0.3 is 5.97 Å². The number of rotatable bonds is 6. The average molecular weight is 345 g/mol. The molecule has 0 N–H and O–H groups in total. The molecule has 1 aromatic rings. The quantitative estimate of drug-likeness (QED) is 0.737. The zero-order valence-electron chi connectivity index (χ0n) is 15.5. The highest BCUT2D eigenvalue weighted by atomic mass is 16.5. The summed E-state index contributed by atoms with van der Waals surface area (Å²) >= 11 is 0. The average Bonchev–Trinajstić information content (AvgIpc) is 2.62. The second-order valence-corrected chi connectivity index (χ2v) is 6.78. The molecule has 2 rings (SSSR count). The molecule has 0 radical (unpaired) electrons. The maximum Gasteiger partial charge on any atom is 0.324 e. The first-order valence-electron chi connectivity index (χ1n) is 8.79. The van der Waals surface area contributed by atoms with E-state index in [1.54, 1.807) is 14.0 Å². The molecule has 1 fully saturated rings. The molecule has 1 aliphatic heterocycles. The Balaban J connectivity index is 2.53. The van der Waals surface area contributed by atoms with Crippen molar-refractivity contribution in [3.8, 4) is 11.8 Å². The Labute approximate surface area is 149 Å². The van der Waals surface area contributed by atoms with E-state index in [1.165, 1.54) is 0 Å². The molecule has 0 saturated carbocycles. The van der Waals surface area contributed by atoms with Crippen molar-refractivity contribution in [3.63, 3.8) is 0 Å². The number of nitrogens with zero attached hydrogens (tertiary/aromatic N) is 1. The first kappa shape index (κ1) is 19.3. The summed E-state index contributed by atoms with van der Waals surface area (Å²) < 4.78 is 16.4. The largest absolute Gasteiger partial charge is 0.497 e. The van der Waals surface area contributed by atoms with Crippen LogP contribution in [0.2, 0.25) is 0 Å². The van der Waals surface area contributed by atoms with Crippen LogP contribution in [0.1, 0.15) is 45.6 Å². The lowest BCUT2D eigenvalue weighted by Crippen LogP contribution is -2.51. The highest BCUT2D eigenvalue weighted by Crippen LogP contribution is 2.48. The zero-order chi connectivity index (χ0) is 18.5. The molecule has 3 atom stereocenters. The summed E-state index contributed by atoms with van der Waals surface area (Å²) in [5.41, 5.74) is -0.0494. The molecule has 0 aliphatic carbocycles. The van der Waals surface area contributed by atoms with Crippen LogP contribution in [-0.4, -0.2) is 31.9 Å². The van der Waals surface area contributed by atoms with Crippen molar-refractivity contribution in [2.24, 2.45) is 5.92 Å². The SMILES string of the molecule is CCOC(=O)[C@H](C#N)[C@@]1(c2ccc(OC)cc2)CCO[C@@](C)(CC)C1. The third kappa shape index (κ3) is 3.80. The molecular weight excluding hydrogens is 318 g/mol. The summed E-state index contributed by atoms with van der Waals surface area (Å²) in [6.45, 7) is 6.64. The maximum atomic E-state index is 12.6. The number of ether oxygens (including phenoxy) is 3. The Morgan fingerprint density at radius 3 is 2.56 bits per heavy atom. The first-order chi connectivity index (χ1) is 11.9. The molecule has 5 nitrogen and oxygen atoms in total. The Hall–Kier alpha value is -2.06. The number of carbonyl (C=O) groups is 1. The normalized spacial score (nSPS) is 27.2. The lowest BCUT2D eigenvalue weighted by atomic mass is 9.61. The molecule has 136 valence electrons. The van der Waals surface area contributed by atoms with Crippen LogP contribution in [0.15, 0.2) is 24.3 Å². The van der Waals surface area contributed by atoms with E-state index in [0.717, 1.165) is 17.7 Å². The standard InChI is InChI=1S/C20H27NO4/c1-5-19(3)14-20(11-12-25-19,17(13-21)18(22)24-6-2)15-7-9-16(23-4)10-8-15/h7-10,17H,5-6,11-12,14H2,1-4H3/t17-,19-,20-/m0/s1. The number of esters is 1. The van der Waals surface area contributed by atoms with Gasteiger partial charge in [0.25, 0.3) is 0 Å².